The van der Waals surface area contributed by atoms with Crippen molar-refractivity contribution >= 4 is 5.69 Å². The molecule has 0 spiro atoms. The topological polar surface area (TPSA) is 44.5 Å². The van der Waals surface area contributed by atoms with Gasteiger partial charge < -0.3 is 15.2 Å². The molecule has 1 aromatic carbocycles. The second-order valence-electron chi connectivity index (χ2n) is 3.36. The van der Waals surface area contributed by atoms with Gasteiger partial charge in [0.25, 0.3) is 0 Å². The van der Waals surface area contributed by atoms with E-state index < -0.39 is 0 Å². The number of anilines is 1. The molecule has 0 fully saturated rings. The number of nitrogen functional groups attached to an aromatic ring is 1. The number of ether oxygens (including phenoxy) is 2. The Balaban J connectivity index is 2.12. The van der Waals surface area contributed by atoms with Gasteiger partial charge in [-0.3, -0.25) is 0 Å². The van der Waals surface area contributed by atoms with Gasteiger partial charge in [0, 0.05) is 17.9 Å². The van der Waals surface area contributed by atoms with Gasteiger partial charge in [-0.2, -0.15) is 0 Å². The molecule has 0 saturated heterocycles. The molecular weight excluding hydrogens is 190 g/mol. The van der Waals surface area contributed by atoms with Gasteiger partial charge in [0.2, 0.25) is 0 Å². The molecule has 0 unspecified atom stereocenters. The first kappa shape index (κ1) is 12.0. The summed E-state index contributed by atoms with van der Waals surface area (Å²) >= 11 is 0. The van der Waals surface area contributed by atoms with Crippen LogP contribution in [0.2, 0.25) is 0 Å². The highest BCUT2D eigenvalue weighted by molar-refractivity contribution is 5.45. The highest BCUT2D eigenvalue weighted by Crippen LogP contribution is 2.11. The minimum absolute atomic E-state index is 0.558. The van der Waals surface area contributed by atoms with Crippen LogP contribution in [0.3, 0.4) is 0 Å². The predicted octanol–water partition coefficient (Wildman–Crippen LogP) is 2.21. The van der Waals surface area contributed by atoms with Crippen molar-refractivity contribution in [2.75, 3.05) is 25.6 Å². The third-order valence-electron chi connectivity index (χ3n) is 2.03. The molecule has 1 rings (SSSR count). The number of hydrogen-bond acceptors (Lipinski definition) is 3. The van der Waals surface area contributed by atoms with E-state index in [2.05, 4.69) is 6.92 Å². The lowest BCUT2D eigenvalue weighted by molar-refractivity contribution is 0.0410. The van der Waals surface area contributed by atoms with Crippen LogP contribution in [-0.2, 0) is 16.1 Å². The molecule has 84 valence electrons. The summed E-state index contributed by atoms with van der Waals surface area (Å²) in [6.45, 7) is 4.72. The van der Waals surface area contributed by atoms with E-state index in [0.717, 1.165) is 24.3 Å². The van der Waals surface area contributed by atoms with Crippen LogP contribution in [0.4, 0.5) is 5.69 Å². The maximum absolute atomic E-state index is 5.77. The van der Waals surface area contributed by atoms with Crippen molar-refractivity contribution in [3.05, 3.63) is 29.8 Å². The maximum Gasteiger partial charge on any atom is 0.0738 e. The highest BCUT2D eigenvalue weighted by atomic mass is 16.5. The molecule has 0 aliphatic carbocycles. The number of nitrogens with two attached hydrogens (primary N) is 1. The van der Waals surface area contributed by atoms with Gasteiger partial charge in [-0.25, -0.2) is 0 Å². The second-order valence-corrected chi connectivity index (χ2v) is 3.36. The molecule has 0 amide bonds. The molecule has 0 saturated carbocycles. The van der Waals surface area contributed by atoms with E-state index >= 15 is 0 Å². The minimum atomic E-state index is 0.558. The third-order valence-corrected chi connectivity index (χ3v) is 2.03. The lowest BCUT2D eigenvalue weighted by Gasteiger charge is -2.07. The Hall–Kier alpha value is -1.06. The van der Waals surface area contributed by atoms with Gasteiger partial charge in [-0.1, -0.05) is 25.1 Å². The van der Waals surface area contributed by atoms with Gasteiger partial charge in [0.05, 0.1) is 19.8 Å². The van der Waals surface area contributed by atoms with Crippen molar-refractivity contribution in [1.29, 1.82) is 0 Å². The van der Waals surface area contributed by atoms with E-state index in [1.54, 1.807) is 0 Å². The van der Waals surface area contributed by atoms with Gasteiger partial charge in [-0.05, 0) is 12.5 Å². The summed E-state index contributed by atoms with van der Waals surface area (Å²) in [7, 11) is 0. The monoisotopic (exact) mass is 209 g/mol. The van der Waals surface area contributed by atoms with E-state index in [1.807, 2.05) is 24.3 Å². The van der Waals surface area contributed by atoms with Gasteiger partial charge in [0.15, 0.2) is 0 Å². The lowest BCUT2D eigenvalue weighted by Crippen LogP contribution is -2.05. The molecule has 3 heteroatoms. The Morgan fingerprint density at radius 3 is 2.53 bits per heavy atom. The quantitative estimate of drug-likeness (QED) is 0.553. The van der Waals surface area contributed by atoms with E-state index in [9.17, 15) is 0 Å². The minimum Gasteiger partial charge on any atom is -0.398 e. The fourth-order valence-corrected chi connectivity index (χ4v) is 1.21. The normalized spacial score (nSPS) is 10.5. The first-order chi connectivity index (χ1) is 7.34. The van der Waals surface area contributed by atoms with Gasteiger partial charge in [0.1, 0.15) is 0 Å². The summed E-state index contributed by atoms with van der Waals surface area (Å²) in [5.41, 5.74) is 7.59. The Bertz CT molecular complexity index is 276. The molecule has 2 N–H and O–H groups in total. The van der Waals surface area contributed by atoms with E-state index in [-0.39, 0.29) is 0 Å². The van der Waals surface area contributed by atoms with Crippen LogP contribution in [-0.4, -0.2) is 19.8 Å². The molecule has 0 heterocycles. The first-order valence-electron chi connectivity index (χ1n) is 5.33. The summed E-state index contributed by atoms with van der Waals surface area (Å²) in [5.74, 6) is 0. The maximum atomic E-state index is 5.77. The molecule has 15 heavy (non-hydrogen) atoms. The summed E-state index contributed by atoms with van der Waals surface area (Å²) in [6, 6.07) is 7.74. The third kappa shape index (κ3) is 4.81. The molecule has 0 aliphatic heterocycles. The summed E-state index contributed by atoms with van der Waals surface area (Å²) in [5, 5.41) is 0. The van der Waals surface area contributed by atoms with Crippen LogP contribution in [0.15, 0.2) is 24.3 Å². The largest absolute Gasteiger partial charge is 0.398 e. The zero-order chi connectivity index (χ0) is 10.9. The summed E-state index contributed by atoms with van der Waals surface area (Å²) < 4.78 is 10.7. The zero-order valence-electron chi connectivity index (χ0n) is 9.24. The fraction of sp³-hybridized carbons (Fsp3) is 0.500. The predicted molar refractivity (Wildman–Crippen MR) is 61.6 cm³/mol. The first-order valence-corrected chi connectivity index (χ1v) is 5.33. The van der Waals surface area contributed by atoms with Crippen molar-refractivity contribution < 1.29 is 9.47 Å². The Morgan fingerprint density at radius 2 is 1.80 bits per heavy atom. The van der Waals surface area contributed by atoms with Crippen LogP contribution in [0.25, 0.3) is 0 Å². The molecule has 0 bridgehead atoms. The number of para-hydroxylation sites is 1. The van der Waals surface area contributed by atoms with Crippen LogP contribution >= 0.6 is 0 Å². The molecular formula is C12H19NO2. The molecule has 0 aliphatic rings. The SMILES string of the molecule is CCCOCCOCc1ccccc1N. The number of rotatable bonds is 7. The molecule has 0 radical (unpaired) electrons. The van der Waals surface area contributed by atoms with Crippen LogP contribution in [0, 0.1) is 0 Å². The van der Waals surface area contributed by atoms with Crippen LogP contribution < -0.4 is 5.73 Å². The smallest absolute Gasteiger partial charge is 0.0738 e. The van der Waals surface area contributed by atoms with Crippen molar-refractivity contribution in [2.24, 2.45) is 0 Å². The van der Waals surface area contributed by atoms with E-state index in [4.69, 9.17) is 15.2 Å². The number of hydrogen-bond donors (Lipinski definition) is 1. The zero-order valence-corrected chi connectivity index (χ0v) is 9.24. The molecule has 0 atom stereocenters. The van der Waals surface area contributed by atoms with Crippen molar-refractivity contribution in [2.45, 2.75) is 20.0 Å². The summed E-state index contributed by atoms with van der Waals surface area (Å²) in [6.07, 6.45) is 1.05. The molecule has 3 nitrogen and oxygen atoms in total. The highest BCUT2D eigenvalue weighted by Gasteiger charge is 1.97. The van der Waals surface area contributed by atoms with Crippen LogP contribution in [0.5, 0.6) is 0 Å². The average Bonchev–Trinajstić information content (AvgIpc) is 2.25. The Kier molecular flexibility index (Phi) is 5.81. The van der Waals surface area contributed by atoms with Crippen molar-refractivity contribution in [1.82, 2.24) is 0 Å². The number of benzene rings is 1. The Labute approximate surface area is 91.2 Å². The van der Waals surface area contributed by atoms with Crippen LogP contribution in [0.1, 0.15) is 18.9 Å². The Morgan fingerprint density at radius 1 is 1.07 bits per heavy atom. The van der Waals surface area contributed by atoms with E-state index in [0.29, 0.717) is 19.8 Å². The van der Waals surface area contributed by atoms with Crippen molar-refractivity contribution in [3.8, 4) is 0 Å². The molecule has 1 aromatic rings. The summed E-state index contributed by atoms with van der Waals surface area (Å²) in [4.78, 5) is 0. The van der Waals surface area contributed by atoms with Gasteiger partial charge >= 0.3 is 0 Å². The van der Waals surface area contributed by atoms with E-state index in [1.165, 1.54) is 0 Å². The lowest BCUT2D eigenvalue weighted by atomic mass is 10.2. The standard InChI is InChI=1S/C12H19NO2/c1-2-7-14-8-9-15-10-11-5-3-4-6-12(11)13/h3-6H,2,7-10,13H2,1H3. The average molecular weight is 209 g/mol. The second kappa shape index (κ2) is 7.26. The fourth-order valence-electron chi connectivity index (χ4n) is 1.21. The molecule has 0 aromatic heterocycles. The van der Waals surface area contributed by atoms with Crippen molar-refractivity contribution in [3.63, 3.8) is 0 Å². The van der Waals surface area contributed by atoms with Gasteiger partial charge in [-0.15, -0.1) is 0 Å².